The second kappa shape index (κ2) is 6.68. The third kappa shape index (κ3) is 2.89. The van der Waals surface area contributed by atoms with Crippen molar-refractivity contribution in [3.05, 3.63) is 58.9 Å². The minimum Gasteiger partial charge on any atom is -0.493 e. The quantitative estimate of drug-likeness (QED) is 0.786. The predicted molar refractivity (Wildman–Crippen MR) is 93.9 cm³/mol. The third-order valence-electron chi connectivity index (χ3n) is 5.46. The summed E-state index contributed by atoms with van der Waals surface area (Å²) >= 11 is 0. The summed E-state index contributed by atoms with van der Waals surface area (Å²) in [7, 11) is 3.31. The van der Waals surface area contributed by atoms with Gasteiger partial charge in [0.15, 0.2) is 11.5 Å². The van der Waals surface area contributed by atoms with Gasteiger partial charge in [-0.3, -0.25) is 0 Å². The van der Waals surface area contributed by atoms with Crippen LogP contribution in [0.15, 0.2) is 36.4 Å². The van der Waals surface area contributed by atoms with E-state index in [-0.39, 0.29) is 18.0 Å². The van der Waals surface area contributed by atoms with Crippen molar-refractivity contribution >= 4 is 0 Å². The van der Waals surface area contributed by atoms with E-state index >= 15 is 0 Å². The number of methoxy groups -OCH3 is 2. The van der Waals surface area contributed by atoms with Crippen LogP contribution >= 0.6 is 0 Å². The maximum absolute atomic E-state index is 13.4. The lowest BCUT2D eigenvalue weighted by Crippen LogP contribution is -2.33. The maximum Gasteiger partial charge on any atom is 0.161 e. The molecule has 0 bridgehead atoms. The van der Waals surface area contributed by atoms with Crippen molar-refractivity contribution in [2.24, 2.45) is 0 Å². The van der Waals surface area contributed by atoms with Crippen molar-refractivity contribution in [3.63, 3.8) is 0 Å². The summed E-state index contributed by atoms with van der Waals surface area (Å²) in [5, 5.41) is 0. The SMILES string of the molecule is COc1cc2c(cc1OC)[C@@H]1CCCC[C@@H]1O[C@H]2c1ccc(F)cc1. The Labute approximate surface area is 147 Å². The molecule has 25 heavy (non-hydrogen) atoms. The van der Waals surface area contributed by atoms with E-state index in [1.54, 1.807) is 14.2 Å². The largest absolute Gasteiger partial charge is 0.493 e. The molecule has 2 aliphatic rings. The Kier molecular flexibility index (Phi) is 4.38. The number of hydrogen-bond donors (Lipinski definition) is 0. The molecule has 1 heterocycles. The Morgan fingerprint density at radius 1 is 0.920 bits per heavy atom. The van der Waals surface area contributed by atoms with Crippen LogP contribution < -0.4 is 9.47 Å². The smallest absolute Gasteiger partial charge is 0.161 e. The molecule has 0 radical (unpaired) electrons. The van der Waals surface area contributed by atoms with Gasteiger partial charge in [-0.2, -0.15) is 0 Å². The van der Waals surface area contributed by atoms with Crippen LogP contribution in [-0.2, 0) is 4.74 Å². The number of benzene rings is 2. The molecule has 1 fully saturated rings. The minimum atomic E-state index is -0.234. The van der Waals surface area contributed by atoms with Gasteiger partial charge in [-0.1, -0.05) is 25.0 Å². The molecule has 2 aromatic rings. The molecule has 1 aliphatic carbocycles. The van der Waals surface area contributed by atoms with Gasteiger partial charge in [0.05, 0.1) is 20.3 Å². The number of halogens is 1. The fourth-order valence-corrected chi connectivity index (χ4v) is 4.22. The maximum atomic E-state index is 13.4. The first-order valence-corrected chi connectivity index (χ1v) is 8.88. The molecular formula is C21H23FO3. The molecule has 1 saturated carbocycles. The fourth-order valence-electron chi connectivity index (χ4n) is 4.22. The standard InChI is InChI=1S/C21H23FO3/c1-23-19-11-16-15-5-3-4-6-18(15)25-21(17(16)12-20(19)24-2)13-7-9-14(22)10-8-13/h7-12,15,18,21H,3-6H2,1-2H3/t15-,18-,21-/m0/s1. The van der Waals surface area contributed by atoms with Crippen LogP contribution in [0, 0.1) is 5.82 Å². The van der Waals surface area contributed by atoms with Gasteiger partial charge in [0.25, 0.3) is 0 Å². The van der Waals surface area contributed by atoms with Crippen molar-refractivity contribution in [1.29, 1.82) is 0 Å². The van der Waals surface area contributed by atoms with Crippen LogP contribution in [0.25, 0.3) is 0 Å². The first kappa shape index (κ1) is 16.4. The highest BCUT2D eigenvalue weighted by Gasteiger charge is 2.38. The molecule has 0 saturated heterocycles. The molecule has 4 heteroatoms. The number of ether oxygens (including phenoxy) is 3. The molecule has 0 amide bonds. The van der Waals surface area contributed by atoms with Crippen molar-refractivity contribution in [3.8, 4) is 11.5 Å². The highest BCUT2D eigenvalue weighted by molar-refractivity contribution is 5.52. The molecule has 0 aromatic heterocycles. The van der Waals surface area contributed by atoms with Gasteiger partial charge in [0.1, 0.15) is 11.9 Å². The van der Waals surface area contributed by atoms with Crippen molar-refractivity contribution < 1.29 is 18.6 Å². The van der Waals surface area contributed by atoms with Crippen LogP contribution in [-0.4, -0.2) is 20.3 Å². The first-order chi connectivity index (χ1) is 12.2. The molecule has 0 spiro atoms. The lowest BCUT2D eigenvalue weighted by atomic mass is 9.76. The Morgan fingerprint density at radius 2 is 1.56 bits per heavy atom. The van der Waals surface area contributed by atoms with Gasteiger partial charge in [0.2, 0.25) is 0 Å². The zero-order valence-corrected chi connectivity index (χ0v) is 14.6. The Hall–Kier alpha value is -2.07. The van der Waals surface area contributed by atoms with E-state index in [1.165, 1.54) is 30.5 Å². The summed E-state index contributed by atoms with van der Waals surface area (Å²) in [6.07, 6.45) is 4.61. The summed E-state index contributed by atoms with van der Waals surface area (Å²) < 4.78 is 30.9. The van der Waals surface area contributed by atoms with Crippen molar-refractivity contribution in [2.45, 2.75) is 43.8 Å². The summed E-state index contributed by atoms with van der Waals surface area (Å²) in [6.45, 7) is 0. The van der Waals surface area contributed by atoms with E-state index in [0.717, 1.165) is 29.7 Å². The summed E-state index contributed by atoms with van der Waals surface area (Å²) in [4.78, 5) is 0. The number of fused-ring (bicyclic) bond motifs is 3. The lowest BCUT2D eigenvalue weighted by molar-refractivity contribution is -0.0391. The van der Waals surface area contributed by atoms with E-state index in [9.17, 15) is 4.39 Å². The Balaban J connectivity index is 1.85. The monoisotopic (exact) mass is 342 g/mol. The van der Waals surface area contributed by atoms with Crippen molar-refractivity contribution in [1.82, 2.24) is 0 Å². The van der Waals surface area contributed by atoms with E-state index in [0.29, 0.717) is 11.7 Å². The number of rotatable bonds is 3. The van der Waals surface area contributed by atoms with Crippen LogP contribution in [0.1, 0.15) is 54.4 Å². The minimum absolute atomic E-state index is 0.199. The summed E-state index contributed by atoms with van der Waals surface area (Å²) in [5.74, 6) is 1.61. The lowest BCUT2D eigenvalue weighted by Gasteiger charge is -2.41. The van der Waals surface area contributed by atoms with Crippen LogP contribution in [0.3, 0.4) is 0 Å². The molecule has 3 nitrogen and oxygen atoms in total. The molecule has 3 atom stereocenters. The fraction of sp³-hybridized carbons (Fsp3) is 0.429. The van der Waals surface area contributed by atoms with Gasteiger partial charge < -0.3 is 14.2 Å². The third-order valence-corrected chi connectivity index (χ3v) is 5.46. The molecule has 1 aliphatic heterocycles. The van der Waals surface area contributed by atoms with Gasteiger partial charge in [-0.05, 0) is 53.8 Å². The van der Waals surface area contributed by atoms with Gasteiger partial charge in [-0.25, -0.2) is 4.39 Å². The van der Waals surface area contributed by atoms with E-state index in [2.05, 4.69) is 6.07 Å². The van der Waals surface area contributed by atoms with E-state index < -0.39 is 0 Å². The van der Waals surface area contributed by atoms with Crippen LogP contribution in [0.2, 0.25) is 0 Å². The molecule has 2 aromatic carbocycles. The summed E-state index contributed by atoms with van der Waals surface area (Å²) in [6, 6.07) is 10.7. The zero-order chi connectivity index (χ0) is 17.4. The molecule has 4 rings (SSSR count). The van der Waals surface area contributed by atoms with Gasteiger partial charge in [0, 0.05) is 5.92 Å². The highest BCUT2D eigenvalue weighted by Crippen LogP contribution is 2.49. The van der Waals surface area contributed by atoms with Crippen LogP contribution in [0.5, 0.6) is 11.5 Å². The molecule has 0 unspecified atom stereocenters. The Morgan fingerprint density at radius 3 is 2.24 bits per heavy atom. The van der Waals surface area contributed by atoms with Crippen LogP contribution in [0.4, 0.5) is 4.39 Å². The average molecular weight is 342 g/mol. The molecule has 132 valence electrons. The second-order valence-electron chi connectivity index (χ2n) is 6.83. The van der Waals surface area contributed by atoms with Gasteiger partial charge >= 0.3 is 0 Å². The first-order valence-electron chi connectivity index (χ1n) is 8.88. The zero-order valence-electron chi connectivity index (χ0n) is 14.6. The second-order valence-corrected chi connectivity index (χ2v) is 6.83. The normalized spacial score (nSPS) is 25.0. The molecular weight excluding hydrogens is 319 g/mol. The predicted octanol–water partition coefficient (Wildman–Crippen LogP) is 4.99. The molecule has 0 N–H and O–H groups in total. The van der Waals surface area contributed by atoms with E-state index in [4.69, 9.17) is 14.2 Å². The van der Waals surface area contributed by atoms with E-state index in [1.807, 2.05) is 18.2 Å². The topological polar surface area (TPSA) is 27.7 Å². The summed E-state index contributed by atoms with van der Waals surface area (Å²) in [5.41, 5.74) is 3.36. The van der Waals surface area contributed by atoms with Gasteiger partial charge in [-0.15, -0.1) is 0 Å². The number of hydrogen-bond acceptors (Lipinski definition) is 3. The average Bonchev–Trinajstić information content (AvgIpc) is 2.67. The Bertz CT molecular complexity index is 756. The van der Waals surface area contributed by atoms with Crippen molar-refractivity contribution in [2.75, 3.05) is 14.2 Å². The highest BCUT2D eigenvalue weighted by atomic mass is 19.1.